The van der Waals surface area contributed by atoms with Crippen LogP contribution in [0.2, 0.25) is 0 Å². The maximum Gasteiger partial charge on any atom is 0.277 e. The van der Waals surface area contributed by atoms with Gasteiger partial charge in [-0.2, -0.15) is 0 Å². The molecule has 0 saturated carbocycles. The summed E-state index contributed by atoms with van der Waals surface area (Å²) in [5, 5.41) is 9.14. The highest BCUT2D eigenvalue weighted by atomic mass is 16.5. The molecule has 2 amide bonds. The molecule has 7 heteroatoms. The van der Waals surface area contributed by atoms with E-state index < -0.39 is 0 Å². The molecular weight excluding hydrogens is 308 g/mol. The first-order valence-electron chi connectivity index (χ1n) is 7.18. The highest BCUT2D eigenvalue weighted by Gasteiger charge is 2.14. The van der Waals surface area contributed by atoms with Crippen molar-refractivity contribution in [3.05, 3.63) is 60.6 Å². The number of rotatable bonds is 4. The van der Waals surface area contributed by atoms with Crippen LogP contribution in [0.4, 0.5) is 11.4 Å². The SMILES string of the molecule is CC(=O)Nc1ccc(NC(=O)c2cc(-c3cccnc3)on2)cc1. The lowest BCUT2D eigenvalue weighted by Crippen LogP contribution is -2.12. The van der Waals surface area contributed by atoms with Crippen LogP contribution < -0.4 is 10.6 Å². The third kappa shape index (κ3) is 3.64. The number of carbonyl (C=O) groups excluding carboxylic acids is 2. The Morgan fingerprint density at radius 3 is 2.38 bits per heavy atom. The van der Waals surface area contributed by atoms with Crippen molar-refractivity contribution in [2.24, 2.45) is 0 Å². The fourth-order valence-electron chi connectivity index (χ4n) is 2.06. The molecule has 3 rings (SSSR count). The summed E-state index contributed by atoms with van der Waals surface area (Å²) in [5.74, 6) is -0.0762. The van der Waals surface area contributed by atoms with E-state index in [0.717, 1.165) is 5.56 Å². The van der Waals surface area contributed by atoms with Crippen LogP contribution >= 0.6 is 0 Å². The Kier molecular flexibility index (Phi) is 4.33. The number of nitrogens with one attached hydrogen (secondary N) is 2. The minimum atomic E-state index is -0.388. The number of pyridine rings is 1. The summed E-state index contributed by atoms with van der Waals surface area (Å²) < 4.78 is 5.17. The molecule has 0 bridgehead atoms. The molecular formula is C17H14N4O3. The average Bonchev–Trinajstić information content (AvgIpc) is 3.07. The Morgan fingerprint density at radius 1 is 1.04 bits per heavy atom. The van der Waals surface area contributed by atoms with Gasteiger partial charge in [-0.05, 0) is 36.4 Å². The minimum Gasteiger partial charge on any atom is -0.355 e. The second-order valence-corrected chi connectivity index (χ2v) is 5.03. The number of hydrogen-bond acceptors (Lipinski definition) is 5. The molecule has 2 N–H and O–H groups in total. The molecule has 7 nitrogen and oxygen atoms in total. The van der Waals surface area contributed by atoms with Crippen LogP contribution in [-0.4, -0.2) is 22.0 Å². The zero-order valence-electron chi connectivity index (χ0n) is 12.8. The second-order valence-electron chi connectivity index (χ2n) is 5.03. The predicted molar refractivity (Wildman–Crippen MR) is 88.4 cm³/mol. The minimum absolute atomic E-state index is 0.155. The first-order valence-corrected chi connectivity index (χ1v) is 7.18. The van der Waals surface area contributed by atoms with Gasteiger partial charge >= 0.3 is 0 Å². The number of nitrogens with zero attached hydrogens (tertiary/aromatic N) is 2. The molecule has 2 aromatic heterocycles. The van der Waals surface area contributed by atoms with Gasteiger partial charge in [0, 0.05) is 42.3 Å². The molecule has 0 fully saturated rings. The van der Waals surface area contributed by atoms with Gasteiger partial charge in [0.05, 0.1) is 0 Å². The van der Waals surface area contributed by atoms with Gasteiger partial charge in [-0.15, -0.1) is 0 Å². The maximum atomic E-state index is 12.2. The predicted octanol–water partition coefficient (Wildman–Crippen LogP) is 2.95. The fourth-order valence-corrected chi connectivity index (χ4v) is 2.06. The summed E-state index contributed by atoms with van der Waals surface area (Å²) in [6, 6.07) is 11.9. The molecule has 0 aliphatic heterocycles. The Labute approximate surface area is 137 Å². The molecule has 0 radical (unpaired) electrons. The van der Waals surface area contributed by atoms with E-state index in [2.05, 4.69) is 20.8 Å². The summed E-state index contributed by atoms with van der Waals surface area (Å²) in [5.41, 5.74) is 2.14. The summed E-state index contributed by atoms with van der Waals surface area (Å²) in [7, 11) is 0. The first-order chi connectivity index (χ1) is 11.6. The van der Waals surface area contributed by atoms with E-state index in [1.165, 1.54) is 6.92 Å². The largest absolute Gasteiger partial charge is 0.355 e. The van der Waals surface area contributed by atoms with Crippen LogP contribution in [-0.2, 0) is 4.79 Å². The van der Waals surface area contributed by atoms with Gasteiger partial charge in [-0.3, -0.25) is 14.6 Å². The van der Waals surface area contributed by atoms with Crippen LogP contribution in [0.5, 0.6) is 0 Å². The average molecular weight is 322 g/mol. The third-order valence-electron chi connectivity index (χ3n) is 3.15. The van der Waals surface area contributed by atoms with Crippen LogP contribution in [0.3, 0.4) is 0 Å². The number of aromatic nitrogens is 2. The summed E-state index contributed by atoms with van der Waals surface area (Å²) in [4.78, 5) is 27.2. The number of anilines is 2. The Bertz CT molecular complexity index is 857. The van der Waals surface area contributed by atoms with Crippen molar-refractivity contribution in [1.82, 2.24) is 10.1 Å². The molecule has 0 unspecified atom stereocenters. The molecule has 0 aliphatic rings. The fraction of sp³-hybridized carbons (Fsp3) is 0.0588. The summed E-state index contributed by atoms with van der Waals surface area (Å²) >= 11 is 0. The molecule has 0 saturated heterocycles. The van der Waals surface area contributed by atoms with Gasteiger partial charge in [-0.25, -0.2) is 0 Å². The Balaban J connectivity index is 1.69. The Hall–Kier alpha value is -3.48. The van der Waals surface area contributed by atoms with Crippen LogP contribution in [0, 0.1) is 0 Å². The van der Waals surface area contributed by atoms with Gasteiger partial charge in [0.1, 0.15) is 0 Å². The van der Waals surface area contributed by atoms with Gasteiger partial charge in [0.15, 0.2) is 11.5 Å². The van der Waals surface area contributed by atoms with Crippen LogP contribution in [0.1, 0.15) is 17.4 Å². The number of carbonyl (C=O) groups is 2. The standard InChI is InChI=1S/C17H14N4O3/c1-11(22)19-13-4-6-14(7-5-13)20-17(23)15-9-16(24-21-15)12-3-2-8-18-10-12/h2-10H,1H3,(H,19,22)(H,20,23). The summed E-state index contributed by atoms with van der Waals surface area (Å²) in [6.45, 7) is 1.43. The molecule has 0 atom stereocenters. The molecule has 1 aromatic carbocycles. The van der Waals surface area contributed by atoms with Crippen molar-refractivity contribution in [2.75, 3.05) is 10.6 Å². The van der Waals surface area contributed by atoms with E-state index in [4.69, 9.17) is 4.52 Å². The molecule has 3 aromatic rings. The van der Waals surface area contributed by atoms with Gasteiger partial charge in [0.25, 0.3) is 5.91 Å². The number of benzene rings is 1. The highest BCUT2D eigenvalue weighted by molar-refractivity contribution is 6.03. The zero-order chi connectivity index (χ0) is 16.9. The molecule has 24 heavy (non-hydrogen) atoms. The topological polar surface area (TPSA) is 97.1 Å². The molecule has 2 heterocycles. The normalized spacial score (nSPS) is 10.2. The molecule has 120 valence electrons. The zero-order valence-corrected chi connectivity index (χ0v) is 12.8. The molecule has 0 spiro atoms. The van der Waals surface area contributed by atoms with Gasteiger partial charge in [-0.1, -0.05) is 5.16 Å². The molecule has 0 aliphatic carbocycles. The van der Waals surface area contributed by atoms with Crippen molar-refractivity contribution in [1.29, 1.82) is 0 Å². The smallest absolute Gasteiger partial charge is 0.277 e. The lowest BCUT2D eigenvalue weighted by Gasteiger charge is -2.05. The van der Waals surface area contributed by atoms with Crippen molar-refractivity contribution in [3.63, 3.8) is 0 Å². The number of amides is 2. The quantitative estimate of drug-likeness (QED) is 0.769. The van der Waals surface area contributed by atoms with E-state index in [1.54, 1.807) is 48.8 Å². The lowest BCUT2D eigenvalue weighted by atomic mass is 10.2. The Morgan fingerprint density at radius 2 is 1.75 bits per heavy atom. The van der Waals surface area contributed by atoms with E-state index >= 15 is 0 Å². The van der Waals surface area contributed by atoms with Gasteiger partial charge < -0.3 is 15.2 Å². The van der Waals surface area contributed by atoms with Gasteiger partial charge in [0.2, 0.25) is 5.91 Å². The van der Waals surface area contributed by atoms with Crippen molar-refractivity contribution in [2.45, 2.75) is 6.92 Å². The van der Waals surface area contributed by atoms with Crippen LogP contribution in [0.15, 0.2) is 59.4 Å². The van der Waals surface area contributed by atoms with Crippen molar-refractivity contribution in [3.8, 4) is 11.3 Å². The van der Waals surface area contributed by atoms with E-state index in [1.807, 2.05) is 6.07 Å². The van der Waals surface area contributed by atoms with E-state index in [0.29, 0.717) is 17.1 Å². The lowest BCUT2D eigenvalue weighted by molar-refractivity contribution is -0.114. The monoisotopic (exact) mass is 322 g/mol. The first kappa shape index (κ1) is 15.4. The second kappa shape index (κ2) is 6.74. The van der Waals surface area contributed by atoms with E-state index in [9.17, 15) is 9.59 Å². The third-order valence-corrected chi connectivity index (χ3v) is 3.15. The van der Waals surface area contributed by atoms with Crippen molar-refractivity contribution < 1.29 is 14.1 Å². The summed E-state index contributed by atoms with van der Waals surface area (Å²) in [6.07, 6.45) is 3.28. The van der Waals surface area contributed by atoms with Crippen molar-refractivity contribution >= 4 is 23.2 Å². The number of hydrogen-bond donors (Lipinski definition) is 2. The maximum absolute atomic E-state index is 12.2. The highest BCUT2D eigenvalue weighted by Crippen LogP contribution is 2.20. The van der Waals surface area contributed by atoms with E-state index in [-0.39, 0.29) is 17.5 Å². The van der Waals surface area contributed by atoms with Crippen LogP contribution in [0.25, 0.3) is 11.3 Å².